The zero-order chi connectivity index (χ0) is 15.6. The van der Waals surface area contributed by atoms with E-state index in [4.69, 9.17) is 4.42 Å². The Morgan fingerprint density at radius 1 is 1.14 bits per heavy atom. The molecule has 0 unspecified atom stereocenters. The number of rotatable bonds is 3. The minimum Gasteiger partial charge on any atom is -0.465 e. The maximum atomic E-state index is 12.1. The Balaban J connectivity index is 1.87. The minimum atomic E-state index is -3.85. The van der Waals surface area contributed by atoms with E-state index < -0.39 is 15.9 Å². The summed E-state index contributed by atoms with van der Waals surface area (Å²) in [6, 6.07) is 11.2. The molecule has 112 valence electrons. The fourth-order valence-corrected chi connectivity index (χ4v) is 3.71. The Morgan fingerprint density at radius 3 is 2.59 bits per heavy atom. The summed E-state index contributed by atoms with van der Waals surface area (Å²) in [5.41, 5.74) is 0. The van der Waals surface area contributed by atoms with Crippen molar-refractivity contribution in [3.05, 3.63) is 59.4 Å². The highest BCUT2D eigenvalue weighted by Gasteiger charge is 2.26. The van der Waals surface area contributed by atoms with Crippen LogP contribution in [-0.2, 0) is 14.8 Å². The van der Waals surface area contributed by atoms with E-state index in [9.17, 15) is 13.2 Å². The number of thioether (sulfide) groups is 1. The number of amides is 1. The number of hydrogen-bond donors (Lipinski definition) is 1. The van der Waals surface area contributed by atoms with Crippen LogP contribution >= 0.6 is 11.8 Å². The number of hydrogen-bond acceptors (Lipinski definition) is 5. The molecule has 22 heavy (non-hydrogen) atoms. The lowest BCUT2D eigenvalue weighted by atomic mass is 10.4. The first-order valence-corrected chi connectivity index (χ1v) is 8.45. The topological polar surface area (TPSA) is 88.7 Å². The largest absolute Gasteiger partial charge is 0.465 e. The Hall–Kier alpha value is -2.32. The molecule has 0 radical (unpaired) electrons. The van der Waals surface area contributed by atoms with Gasteiger partial charge in [0.1, 0.15) is 5.76 Å². The standard InChI is InChI=1S/C14H10N2O4S2/c17-13-12(9-10-5-4-8-20-10)21-14(15-13)16-22(18,19)11-6-2-1-3-7-11/h1-9H,(H,15,16,17). The van der Waals surface area contributed by atoms with E-state index >= 15 is 0 Å². The SMILES string of the molecule is O=C1N/C(=N\S(=O)(=O)c2ccccc2)SC1=Cc1ccco1. The van der Waals surface area contributed by atoms with Gasteiger partial charge in [-0.2, -0.15) is 8.42 Å². The summed E-state index contributed by atoms with van der Waals surface area (Å²) in [5.74, 6) is 0.0910. The van der Waals surface area contributed by atoms with Crippen molar-refractivity contribution in [3.63, 3.8) is 0 Å². The average Bonchev–Trinajstić information content (AvgIpc) is 3.11. The van der Waals surface area contributed by atoms with Crippen molar-refractivity contribution in [2.75, 3.05) is 0 Å². The molecule has 0 bridgehead atoms. The van der Waals surface area contributed by atoms with Crippen molar-refractivity contribution in [2.45, 2.75) is 4.90 Å². The summed E-state index contributed by atoms with van der Waals surface area (Å²) in [5, 5.41) is 2.45. The second-order valence-electron chi connectivity index (χ2n) is 4.26. The van der Waals surface area contributed by atoms with Gasteiger partial charge < -0.3 is 4.42 Å². The lowest BCUT2D eigenvalue weighted by molar-refractivity contribution is -0.115. The summed E-state index contributed by atoms with van der Waals surface area (Å²) >= 11 is 0.950. The number of sulfonamides is 1. The molecule has 0 spiro atoms. The third-order valence-corrected chi connectivity index (χ3v) is 5.03. The molecule has 1 amide bonds. The van der Waals surface area contributed by atoms with Gasteiger partial charge in [-0.1, -0.05) is 18.2 Å². The second kappa shape index (κ2) is 5.82. The number of nitrogens with zero attached hydrogens (tertiary/aromatic N) is 1. The molecule has 1 fully saturated rings. The van der Waals surface area contributed by atoms with Crippen molar-refractivity contribution in [2.24, 2.45) is 4.40 Å². The van der Waals surface area contributed by atoms with Gasteiger partial charge in [-0.15, -0.1) is 4.40 Å². The molecule has 1 aliphatic rings. The van der Waals surface area contributed by atoms with Gasteiger partial charge in [0, 0.05) is 6.08 Å². The van der Waals surface area contributed by atoms with E-state index in [-0.39, 0.29) is 10.1 Å². The molecule has 3 rings (SSSR count). The van der Waals surface area contributed by atoms with Crippen LogP contribution in [0.15, 0.2) is 67.3 Å². The highest BCUT2D eigenvalue weighted by atomic mass is 32.2. The molecule has 2 aromatic rings. The number of carbonyl (C=O) groups is 1. The molecule has 0 aliphatic carbocycles. The minimum absolute atomic E-state index is 0.0201. The molecule has 0 atom stereocenters. The molecular formula is C14H10N2O4S2. The monoisotopic (exact) mass is 334 g/mol. The maximum Gasteiger partial charge on any atom is 0.284 e. The molecule has 1 saturated heterocycles. The Labute approximate surface area is 131 Å². The number of nitrogens with one attached hydrogen (secondary N) is 1. The first-order chi connectivity index (χ1) is 10.5. The van der Waals surface area contributed by atoms with Crippen molar-refractivity contribution < 1.29 is 17.6 Å². The summed E-state index contributed by atoms with van der Waals surface area (Å²) in [6.07, 6.45) is 3.01. The Bertz CT molecular complexity index is 854. The Kier molecular flexibility index (Phi) is 3.86. The van der Waals surface area contributed by atoms with Crippen LogP contribution in [0.1, 0.15) is 5.76 Å². The average molecular weight is 334 g/mol. The van der Waals surface area contributed by atoms with E-state index in [1.54, 1.807) is 30.3 Å². The summed E-state index contributed by atoms with van der Waals surface area (Å²) in [6.45, 7) is 0. The Morgan fingerprint density at radius 2 is 1.91 bits per heavy atom. The quantitative estimate of drug-likeness (QED) is 0.870. The van der Waals surface area contributed by atoms with E-state index in [1.165, 1.54) is 24.5 Å². The van der Waals surface area contributed by atoms with Crippen molar-refractivity contribution in [1.29, 1.82) is 0 Å². The highest BCUT2D eigenvalue weighted by Crippen LogP contribution is 2.27. The lowest BCUT2D eigenvalue weighted by Gasteiger charge is -1.98. The van der Waals surface area contributed by atoms with Crippen molar-refractivity contribution in [3.8, 4) is 0 Å². The van der Waals surface area contributed by atoms with Crippen LogP contribution < -0.4 is 5.32 Å². The molecule has 1 N–H and O–H groups in total. The third kappa shape index (κ3) is 3.12. The van der Waals surface area contributed by atoms with Crippen LogP contribution in [0.3, 0.4) is 0 Å². The van der Waals surface area contributed by atoms with Crippen LogP contribution in [0.4, 0.5) is 0 Å². The summed E-state index contributed by atoms with van der Waals surface area (Å²) in [7, 11) is -3.85. The van der Waals surface area contributed by atoms with Crippen LogP contribution in [0.2, 0.25) is 0 Å². The number of benzene rings is 1. The van der Waals surface area contributed by atoms with Crippen molar-refractivity contribution >= 4 is 38.9 Å². The van der Waals surface area contributed by atoms with E-state index in [0.29, 0.717) is 10.7 Å². The van der Waals surface area contributed by atoms with Gasteiger partial charge in [-0.05, 0) is 36.0 Å². The summed E-state index contributed by atoms with van der Waals surface area (Å²) in [4.78, 5) is 12.2. The fraction of sp³-hybridized carbons (Fsp3) is 0. The smallest absolute Gasteiger partial charge is 0.284 e. The number of amidine groups is 1. The predicted molar refractivity (Wildman–Crippen MR) is 83.5 cm³/mol. The summed E-state index contributed by atoms with van der Waals surface area (Å²) < 4.78 is 33.0. The molecule has 2 heterocycles. The van der Waals surface area contributed by atoms with Gasteiger partial charge in [-0.25, -0.2) is 0 Å². The highest BCUT2D eigenvalue weighted by molar-refractivity contribution is 8.19. The van der Waals surface area contributed by atoms with Gasteiger partial charge in [0.15, 0.2) is 5.17 Å². The van der Waals surface area contributed by atoms with Crippen LogP contribution in [0.5, 0.6) is 0 Å². The number of carbonyl (C=O) groups excluding carboxylic acids is 1. The van der Waals surface area contributed by atoms with Gasteiger partial charge in [-0.3, -0.25) is 10.1 Å². The third-order valence-electron chi connectivity index (χ3n) is 2.71. The first-order valence-electron chi connectivity index (χ1n) is 6.19. The zero-order valence-electron chi connectivity index (χ0n) is 11.1. The first kappa shape index (κ1) is 14.6. The van der Waals surface area contributed by atoms with E-state index in [1.807, 2.05) is 0 Å². The zero-order valence-corrected chi connectivity index (χ0v) is 12.7. The molecule has 6 nitrogen and oxygen atoms in total. The number of furan rings is 1. The lowest BCUT2D eigenvalue weighted by Crippen LogP contribution is -2.20. The van der Waals surface area contributed by atoms with E-state index in [0.717, 1.165) is 11.8 Å². The van der Waals surface area contributed by atoms with E-state index in [2.05, 4.69) is 9.71 Å². The van der Waals surface area contributed by atoms with Gasteiger partial charge in [0.25, 0.3) is 15.9 Å². The fourth-order valence-electron chi connectivity index (χ4n) is 1.73. The molecule has 1 aliphatic heterocycles. The normalized spacial score (nSPS) is 18.8. The van der Waals surface area contributed by atoms with Crippen molar-refractivity contribution in [1.82, 2.24) is 5.32 Å². The van der Waals surface area contributed by atoms with Gasteiger partial charge >= 0.3 is 0 Å². The maximum absolute atomic E-state index is 12.1. The molecule has 1 aromatic carbocycles. The van der Waals surface area contributed by atoms with Gasteiger partial charge in [0.2, 0.25) is 0 Å². The van der Waals surface area contributed by atoms with Gasteiger partial charge in [0.05, 0.1) is 16.1 Å². The van der Waals surface area contributed by atoms with Crippen LogP contribution in [0.25, 0.3) is 6.08 Å². The molecular weight excluding hydrogens is 324 g/mol. The predicted octanol–water partition coefficient (Wildman–Crippen LogP) is 2.23. The molecule has 8 heteroatoms. The van der Waals surface area contributed by atoms with Crippen LogP contribution in [0, 0.1) is 0 Å². The molecule has 1 aromatic heterocycles. The van der Waals surface area contributed by atoms with Crippen LogP contribution in [-0.4, -0.2) is 19.5 Å². The molecule has 0 saturated carbocycles. The second-order valence-corrected chi connectivity index (χ2v) is 6.90.